The first-order valence-corrected chi connectivity index (χ1v) is 7.92. The number of aromatic nitrogens is 1. The molecule has 0 bridgehead atoms. The van der Waals surface area contributed by atoms with Crippen LogP contribution in [0.25, 0.3) is 0 Å². The molecule has 1 N–H and O–H groups in total. The minimum atomic E-state index is -0.389. The van der Waals surface area contributed by atoms with Crippen LogP contribution in [0, 0.1) is 0 Å². The van der Waals surface area contributed by atoms with Gasteiger partial charge in [-0.15, -0.1) is 17.0 Å². The Morgan fingerprint density at radius 3 is 2.50 bits per heavy atom. The lowest BCUT2D eigenvalue weighted by Crippen LogP contribution is -2.37. The van der Waals surface area contributed by atoms with Gasteiger partial charge in [-0.05, 0) is 29.7 Å². The lowest BCUT2D eigenvalue weighted by atomic mass is 10.1. The number of aliphatic hydroxyl groups excluding tert-OH is 1. The third kappa shape index (κ3) is 4.80. The van der Waals surface area contributed by atoms with Crippen LogP contribution < -0.4 is 19.1 Å². The van der Waals surface area contributed by atoms with Gasteiger partial charge in [0, 0.05) is 17.7 Å². The lowest BCUT2D eigenvalue weighted by molar-refractivity contribution is -0.683. The zero-order valence-electron chi connectivity index (χ0n) is 14.0. The largest absolute Gasteiger partial charge is 0.858 e. The van der Waals surface area contributed by atoms with Crippen molar-refractivity contribution < 1.29 is 29.0 Å². The molecule has 8 heteroatoms. The van der Waals surface area contributed by atoms with Crippen LogP contribution in [0.2, 0.25) is 0 Å². The number of ketones is 1. The molecule has 0 unspecified atom stereocenters. The molecular weight excluding hydrogens is 404 g/mol. The summed E-state index contributed by atoms with van der Waals surface area (Å²) < 4.78 is 12.6. The number of nitrogens with zero attached hydrogens (tertiary/aromatic N) is 2. The fraction of sp³-hybridized carbons (Fsp3) is 0.278. The molecule has 2 heterocycles. The van der Waals surface area contributed by atoms with Crippen molar-refractivity contribution in [3.8, 4) is 11.5 Å². The number of carbonyl (C=O) groups excluding carboxylic acids is 1. The third-order valence-electron chi connectivity index (χ3n) is 3.68. The number of Topliss-reactive ketones (excluding diaryl/α,β-unsaturated/α-hetero) is 1. The van der Waals surface area contributed by atoms with Crippen LogP contribution in [0.5, 0.6) is 11.5 Å². The first-order valence-electron chi connectivity index (χ1n) is 7.92. The van der Waals surface area contributed by atoms with Crippen molar-refractivity contribution in [1.82, 2.24) is 0 Å². The van der Waals surface area contributed by atoms with E-state index in [0.29, 0.717) is 35.8 Å². The first kappa shape index (κ1) is 19.9. The second-order valence-electron chi connectivity index (χ2n) is 5.45. The smallest absolute Gasteiger partial charge is 0.227 e. The highest BCUT2D eigenvalue weighted by atomic mass is 79.9. The van der Waals surface area contributed by atoms with Gasteiger partial charge in [0.2, 0.25) is 12.3 Å². The Kier molecular flexibility index (Phi) is 7.11. The number of halogens is 1. The van der Waals surface area contributed by atoms with Crippen molar-refractivity contribution in [1.29, 1.82) is 0 Å². The second-order valence-corrected chi connectivity index (χ2v) is 5.45. The maximum Gasteiger partial charge on any atom is 0.227 e. The van der Waals surface area contributed by atoms with E-state index in [9.17, 15) is 9.90 Å². The second kappa shape index (κ2) is 9.30. The normalized spacial score (nSPS) is 13.0. The molecule has 1 aromatic heterocycles. The van der Waals surface area contributed by atoms with E-state index in [0.717, 1.165) is 0 Å². The summed E-state index contributed by atoms with van der Waals surface area (Å²) in [7, 11) is 0. The van der Waals surface area contributed by atoms with Crippen LogP contribution in [0.3, 0.4) is 0 Å². The number of aliphatic imine (C=N–C) groups is 1. The van der Waals surface area contributed by atoms with Gasteiger partial charge >= 0.3 is 0 Å². The summed E-state index contributed by atoms with van der Waals surface area (Å²) in [4.78, 5) is 16.1. The molecular formula is C18H19BrN2O5. The number of benzene rings is 1. The number of rotatable bonds is 6. The van der Waals surface area contributed by atoms with Crippen molar-refractivity contribution in [3.63, 3.8) is 0 Å². The van der Waals surface area contributed by atoms with E-state index in [2.05, 4.69) is 4.99 Å². The fourth-order valence-corrected chi connectivity index (χ4v) is 2.42. The quantitative estimate of drug-likeness (QED) is 0.312. The third-order valence-corrected chi connectivity index (χ3v) is 3.68. The van der Waals surface area contributed by atoms with Crippen LogP contribution in [0.1, 0.15) is 15.9 Å². The first-order chi connectivity index (χ1) is 12.2. The van der Waals surface area contributed by atoms with E-state index in [1.807, 2.05) is 0 Å². The highest BCUT2D eigenvalue weighted by molar-refractivity contribution is 8.93. The van der Waals surface area contributed by atoms with E-state index in [1.54, 1.807) is 47.3 Å². The Bertz CT molecular complexity index is 793. The molecule has 0 saturated carbocycles. The van der Waals surface area contributed by atoms with Gasteiger partial charge in [0.05, 0.1) is 13.2 Å². The molecule has 0 saturated heterocycles. The average molecular weight is 423 g/mol. The maximum atomic E-state index is 12.4. The number of hydrogen-bond donors (Lipinski definition) is 1. The highest BCUT2D eigenvalue weighted by Gasteiger charge is 2.17. The van der Waals surface area contributed by atoms with E-state index < -0.39 is 0 Å². The topological polar surface area (TPSA) is 95.1 Å². The average Bonchev–Trinajstić information content (AvgIpc) is 2.66. The predicted molar refractivity (Wildman–Crippen MR) is 97.2 cm³/mol. The molecule has 0 atom stereocenters. The Morgan fingerprint density at radius 1 is 1.12 bits per heavy atom. The van der Waals surface area contributed by atoms with Crippen molar-refractivity contribution >= 4 is 28.7 Å². The molecule has 1 aliphatic heterocycles. The number of hydrogen-bond acceptors (Lipinski definition) is 6. The Labute approximate surface area is 161 Å². The number of carbonyl (C=O) groups is 1. The van der Waals surface area contributed by atoms with E-state index in [-0.39, 0.29) is 48.4 Å². The Hall–Kier alpha value is -2.45. The van der Waals surface area contributed by atoms with Crippen LogP contribution in [-0.2, 0) is 6.54 Å². The summed E-state index contributed by atoms with van der Waals surface area (Å²) in [6.45, 7) is 1.03. The number of aliphatic hydroxyl groups is 1. The summed E-state index contributed by atoms with van der Waals surface area (Å²) in [5.74, 6) is 0.754. The van der Waals surface area contributed by atoms with Crippen LogP contribution in [0.4, 0.5) is 0 Å². The summed E-state index contributed by atoms with van der Waals surface area (Å²) in [6.07, 6.45) is 3.30. The molecule has 0 spiro atoms. The van der Waals surface area contributed by atoms with Crippen molar-refractivity contribution in [2.45, 2.75) is 6.54 Å². The van der Waals surface area contributed by atoms with Gasteiger partial charge in [0.25, 0.3) is 0 Å². The molecule has 138 valence electrons. The van der Waals surface area contributed by atoms with Gasteiger partial charge in [-0.1, -0.05) is 0 Å². The molecule has 3 rings (SSSR count). The minimum Gasteiger partial charge on any atom is -0.858 e. The molecule has 0 radical (unpaired) electrons. The Balaban J connectivity index is 0.00000243. The van der Waals surface area contributed by atoms with Crippen LogP contribution in [-0.4, -0.2) is 43.2 Å². The molecule has 0 fully saturated rings. The fourth-order valence-electron chi connectivity index (χ4n) is 2.42. The number of pyridine rings is 1. The van der Waals surface area contributed by atoms with E-state index in [4.69, 9.17) is 14.6 Å². The maximum absolute atomic E-state index is 12.4. The van der Waals surface area contributed by atoms with Crippen molar-refractivity contribution in [3.05, 3.63) is 53.9 Å². The number of fused-ring (bicyclic) bond motifs is 1. The van der Waals surface area contributed by atoms with E-state index >= 15 is 0 Å². The molecule has 0 aliphatic carbocycles. The minimum absolute atomic E-state index is 0. The monoisotopic (exact) mass is 422 g/mol. The van der Waals surface area contributed by atoms with Gasteiger partial charge in [0.1, 0.15) is 13.2 Å². The number of ether oxygens (including phenoxy) is 2. The van der Waals surface area contributed by atoms with Crippen molar-refractivity contribution in [2.75, 3.05) is 26.4 Å². The molecule has 1 aromatic carbocycles. The Morgan fingerprint density at radius 2 is 1.81 bits per heavy atom. The molecule has 1 aliphatic rings. The van der Waals surface area contributed by atoms with Gasteiger partial charge in [-0.2, -0.15) is 4.57 Å². The van der Waals surface area contributed by atoms with Gasteiger partial charge in [-0.3, -0.25) is 9.79 Å². The van der Waals surface area contributed by atoms with Crippen molar-refractivity contribution in [2.24, 2.45) is 4.99 Å². The van der Waals surface area contributed by atoms with Crippen LogP contribution >= 0.6 is 17.0 Å². The summed E-state index contributed by atoms with van der Waals surface area (Å²) >= 11 is 0. The molecule has 26 heavy (non-hydrogen) atoms. The zero-order chi connectivity index (χ0) is 17.6. The molecule has 0 amide bonds. The summed E-state index contributed by atoms with van der Waals surface area (Å²) in [6, 6.07) is 8.32. The highest BCUT2D eigenvalue weighted by Crippen LogP contribution is 2.30. The van der Waals surface area contributed by atoms with E-state index in [1.165, 1.54) is 0 Å². The summed E-state index contributed by atoms with van der Waals surface area (Å²) in [5, 5.41) is 20.4. The lowest BCUT2D eigenvalue weighted by Gasteiger charge is -2.18. The molecule has 7 nitrogen and oxygen atoms in total. The van der Waals surface area contributed by atoms with Gasteiger partial charge in [0.15, 0.2) is 23.9 Å². The molecule has 2 aromatic rings. The zero-order valence-corrected chi connectivity index (χ0v) is 15.7. The van der Waals surface area contributed by atoms with Crippen LogP contribution in [0.15, 0.2) is 47.7 Å². The summed E-state index contributed by atoms with van der Waals surface area (Å²) in [5.41, 5.74) is 0.950. The van der Waals surface area contributed by atoms with Gasteiger partial charge < -0.3 is 19.7 Å². The van der Waals surface area contributed by atoms with Gasteiger partial charge in [-0.25, -0.2) is 0 Å². The standard InChI is InChI=1S/C18H18N2O5.BrH/c21-8-5-19-18(23)13-3-6-20(7-4-13)12-15(22)14-1-2-16-17(11-14)25-10-9-24-16;/h1-4,6-7,11,21H,5,8-10,12H2;1H. The SMILES string of the molecule is Br.O=C(C[n+]1ccc(C([O-])=NCCO)cc1)c1ccc2c(c1)OCCO2. The predicted octanol–water partition coefficient (Wildman–Crippen LogP) is 0.305.